The van der Waals surface area contributed by atoms with E-state index in [0.717, 1.165) is 64.2 Å². The highest BCUT2D eigenvalue weighted by molar-refractivity contribution is 5.76. The Labute approximate surface area is 474 Å². The molecule has 458 valence electrons. The molecule has 1 amide bonds. The molecule has 2 saturated heterocycles. The second-order valence-corrected chi connectivity index (χ2v) is 22.9. The fraction of sp³-hybridized carbons (Fsp3) is 0.891. The number of unbranched alkanes of at least 4 members (excludes halogenated alkanes) is 35. The van der Waals surface area contributed by atoms with Crippen molar-refractivity contribution >= 4 is 5.91 Å². The largest absolute Gasteiger partial charge is 0.394 e. The lowest BCUT2D eigenvalue weighted by atomic mass is 9.97. The Balaban J connectivity index is 1.71. The second-order valence-electron chi connectivity index (χ2n) is 22.9. The van der Waals surface area contributed by atoms with Crippen LogP contribution in [0, 0.1) is 0 Å². The minimum absolute atomic E-state index is 0.251. The van der Waals surface area contributed by atoms with Crippen LogP contribution in [0.3, 0.4) is 0 Å². The van der Waals surface area contributed by atoms with Gasteiger partial charge in [-0.25, -0.2) is 0 Å². The molecule has 14 heteroatoms. The summed E-state index contributed by atoms with van der Waals surface area (Å²) >= 11 is 0. The Morgan fingerprint density at radius 2 is 0.846 bits per heavy atom. The van der Waals surface area contributed by atoms with Crippen LogP contribution in [0.25, 0.3) is 0 Å². The number of hydrogen-bond acceptors (Lipinski definition) is 13. The third-order valence-electron chi connectivity index (χ3n) is 15.8. The van der Waals surface area contributed by atoms with Crippen LogP contribution in [0.15, 0.2) is 36.5 Å². The van der Waals surface area contributed by atoms with Crippen molar-refractivity contribution in [1.82, 2.24) is 5.32 Å². The smallest absolute Gasteiger partial charge is 0.220 e. The Bertz CT molecular complexity index is 1450. The van der Waals surface area contributed by atoms with E-state index in [0.29, 0.717) is 6.42 Å². The van der Waals surface area contributed by atoms with Crippen molar-refractivity contribution in [2.24, 2.45) is 0 Å². The molecule has 2 aliphatic heterocycles. The number of nitrogens with one attached hydrogen (secondary N) is 1. The van der Waals surface area contributed by atoms with E-state index in [-0.39, 0.29) is 18.9 Å². The molecule has 2 rings (SSSR count). The zero-order chi connectivity index (χ0) is 56.7. The predicted octanol–water partition coefficient (Wildman–Crippen LogP) is 11.8. The molecular formula is C64H119NO13. The summed E-state index contributed by atoms with van der Waals surface area (Å²) in [6.07, 6.45) is 44.8. The summed E-state index contributed by atoms with van der Waals surface area (Å²) in [4.78, 5) is 13.3. The van der Waals surface area contributed by atoms with E-state index < -0.39 is 86.8 Å². The van der Waals surface area contributed by atoms with Gasteiger partial charge in [0.05, 0.1) is 32.0 Å². The van der Waals surface area contributed by atoms with E-state index in [1.807, 2.05) is 6.08 Å². The van der Waals surface area contributed by atoms with Crippen molar-refractivity contribution in [3.05, 3.63) is 36.5 Å². The SMILES string of the molecule is CCCCCC/C=C\C/C=C\CCCCCCCC(=O)NC(COC1OC(CO)C(OC2OC(CO)C(O)C(O)C2O)C(O)C1O)C(O)/C=C/CCCCCCCCCCCCCCCCCCCCCCCCCCCC. The average molecular weight is 1110 g/mol. The lowest BCUT2D eigenvalue weighted by Gasteiger charge is -2.46. The standard InChI is InChI=1S/C64H119NO13/c1-3-5-7-9-11-13-15-17-19-21-22-23-24-25-26-27-28-29-30-31-32-33-35-37-39-41-43-45-47-53(68)52(65-56(69)48-46-44-42-40-38-36-34-20-18-16-14-12-10-8-6-4-2)51-75-63-61(74)59(72)62(55(50-67)77-63)78-64-60(73)58(71)57(70)54(49-66)76-64/h14,16,20,34,45,47,52-55,57-64,66-68,70-74H,3-13,15,17-19,21-33,35-44,46,48-51H2,1-2H3,(H,65,69)/b16-14-,34-20-,47-45+. The highest BCUT2D eigenvalue weighted by Gasteiger charge is 2.51. The molecule has 0 spiro atoms. The maximum Gasteiger partial charge on any atom is 0.220 e. The molecular weight excluding hydrogens is 991 g/mol. The number of allylic oxidation sites excluding steroid dienone is 5. The number of ether oxygens (including phenoxy) is 4. The van der Waals surface area contributed by atoms with Crippen LogP contribution < -0.4 is 5.32 Å². The number of aliphatic hydroxyl groups excluding tert-OH is 8. The molecule has 0 aliphatic carbocycles. The predicted molar refractivity (Wildman–Crippen MR) is 314 cm³/mol. The summed E-state index contributed by atoms with van der Waals surface area (Å²) < 4.78 is 22.8. The van der Waals surface area contributed by atoms with Crippen LogP contribution in [0.1, 0.15) is 271 Å². The minimum Gasteiger partial charge on any atom is -0.394 e. The van der Waals surface area contributed by atoms with Gasteiger partial charge in [-0.1, -0.05) is 249 Å². The van der Waals surface area contributed by atoms with Crippen LogP contribution in [-0.2, 0) is 23.7 Å². The van der Waals surface area contributed by atoms with E-state index in [4.69, 9.17) is 18.9 Å². The van der Waals surface area contributed by atoms with Crippen molar-refractivity contribution < 1.29 is 64.6 Å². The Kier molecular flexibility index (Phi) is 46.2. The maximum absolute atomic E-state index is 13.3. The first-order chi connectivity index (χ1) is 38.1. The third kappa shape index (κ3) is 34.6. The topological polar surface area (TPSA) is 228 Å². The van der Waals surface area contributed by atoms with Crippen LogP contribution in [-0.4, -0.2) is 140 Å². The summed E-state index contributed by atoms with van der Waals surface area (Å²) in [6, 6.07) is -0.922. The molecule has 9 N–H and O–H groups in total. The van der Waals surface area contributed by atoms with Gasteiger partial charge >= 0.3 is 0 Å². The summed E-state index contributed by atoms with van der Waals surface area (Å²) in [6.45, 7) is 2.79. The number of amides is 1. The molecule has 2 aliphatic rings. The molecule has 78 heavy (non-hydrogen) atoms. The first-order valence-corrected chi connectivity index (χ1v) is 32.2. The van der Waals surface area contributed by atoms with E-state index >= 15 is 0 Å². The van der Waals surface area contributed by atoms with Gasteiger partial charge in [0.15, 0.2) is 12.6 Å². The molecule has 12 unspecified atom stereocenters. The molecule has 0 bridgehead atoms. The normalized spacial score (nSPS) is 24.7. The molecule has 0 aromatic rings. The van der Waals surface area contributed by atoms with Gasteiger partial charge in [-0.15, -0.1) is 0 Å². The van der Waals surface area contributed by atoms with Crippen LogP contribution in [0.5, 0.6) is 0 Å². The highest BCUT2D eigenvalue weighted by Crippen LogP contribution is 2.30. The lowest BCUT2D eigenvalue weighted by Crippen LogP contribution is -2.65. The fourth-order valence-corrected chi connectivity index (χ4v) is 10.6. The minimum atomic E-state index is -1.79. The summed E-state index contributed by atoms with van der Waals surface area (Å²) in [5.74, 6) is -0.251. The molecule has 0 aromatic heterocycles. The van der Waals surface area contributed by atoms with E-state index in [1.54, 1.807) is 6.08 Å². The number of aliphatic hydroxyl groups is 8. The van der Waals surface area contributed by atoms with E-state index in [9.17, 15) is 45.6 Å². The Morgan fingerprint density at radius 1 is 0.462 bits per heavy atom. The number of hydrogen-bond donors (Lipinski definition) is 9. The highest BCUT2D eigenvalue weighted by atomic mass is 16.7. The monoisotopic (exact) mass is 1110 g/mol. The number of carbonyl (C=O) groups is 1. The van der Waals surface area contributed by atoms with Gasteiger partial charge in [0.1, 0.15) is 48.8 Å². The van der Waals surface area contributed by atoms with Gasteiger partial charge in [-0.05, 0) is 51.4 Å². The van der Waals surface area contributed by atoms with Crippen molar-refractivity contribution in [2.45, 2.75) is 344 Å². The van der Waals surface area contributed by atoms with Crippen molar-refractivity contribution in [2.75, 3.05) is 19.8 Å². The van der Waals surface area contributed by atoms with Gasteiger partial charge in [-0.3, -0.25) is 4.79 Å². The third-order valence-corrected chi connectivity index (χ3v) is 15.8. The van der Waals surface area contributed by atoms with E-state index in [2.05, 4.69) is 43.5 Å². The maximum atomic E-state index is 13.3. The van der Waals surface area contributed by atoms with Gasteiger partial charge in [0, 0.05) is 6.42 Å². The van der Waals surface area contributed by atoms with Gasteiger partial charge < -0.3 is 65.1 Å². The van der Waals surface area contributed by atoms with Crippen LogP contribution in [0.2, 0.25) is 0 Å². The van der Waals surface area contributed by atoms with Crippen molar-refractivity contribution in [1.29, 1.82) is 0 Å². The van der Waals surface area contributed by atoms with Crippen molar-refractivity contribution in [3.63, 3.8) is 0 Å². The lowest BCUT2D eigenvalue weighted by molar-refractivity contribution is -0.359. The van der Waals surface area contributed by atoms with Crippen molar-refractivity contribution in [3.8, 4) is 0 Å². The molecule has 2 fully saturated rings. The zero-order valence-electron chi connectivity index (χ0n) is 49.4. The second kappa shape index (κ2) is 49.8. The number of rotatable bonds is 52. The summed E-state index contributed by atoms with van der Waals surface area (Å²) in [5.41, 5.74) is 0. The number of carbonyl (C=O) groups excluding carboxylic acids is 1. The zero-order valence-corrected chi connectivity index (χ0v) is 49.4. The van der Waals surface area contributed by atoms with E-state index in [1.165, 1.54) is 180 Å². The Hall–Kier alpha value is -1.79. The molecule has 0 aromatic carbocycles. The molecule has 12 atom stereocenters. The van der Waals surface area contributed by atoms with Gasteiger partial charge in [0.2, 0.25) is 5.91 Å². The van der Waals surface area contributed by atoms with Gasteiger partial charge in [0.25, 0.3) is 0 Å². The average Bonchev–Trinajstić information content (AvgIpc) is 3.48. The molecule has 0 radical (unpaired) electrons. The fourth-order valence-electron chi connectivity index (χ4n) is 10.6. The first-order valence-electron chi connectivity index (χ1n) is 32.2. The Morgan fingerprint density at radius 3 is 1.29 bits per heavy atom. The molecule has 2 heterocycles. The first kappa shape index (κ1) is 72.3. The van der Waals surface area contributed by atoms with Crippen LogP contribution >= 0.6 is 0 Å². The summed E-state index contributed by atoms with van der Waals surface area (Å²) in [7, 11) is 0. The van der Waals surface area contributed by atoms with Crippen LogP contribution in [0.4, 0.5) is 0 Å². The van der Waals surface area contributed by atoms with Gasteiger partial charge in [-0.2, -0.15) is 0 Å². The molecule has 14 nitrogen and oxygen atoms in total. The molecule has 0 saturated carbocycles. The summed E-state index contributed by atoms with van der Waals surface area (Å²) in [5, 5.41) is 87.2. The quantitative estimate of drug-likeness (QED) is 0.0204.